The third-order valence-electron chi connectivity index (χ3n) is 20.6. The second-order valence-electron chi connectivity index (χ2n) is 30.3. The van der Waals surface area contributed by atoms with Crippen LogP contribution in [0.3, 0.4) is 0 Å². The SMILES string of the molecule is CC(=O)NC1C(OCCCCCCNC(=O)CCOCC2CC(C(=O)CCCC(=O)NCCCCCCOP(=O)(O)OCCCCCCCO)CC(COCCC(=O)NCCCCCCOC3OC(CO)C(O)C(O)C3NC(C)=O)C2OCCC(=O)NCCCCCCOC2OC(CO)C(O)C(O)C2NC(C)=O)OC(CO)C(O)C1O. The first-order chi connectivity index (χ1) is 55.7. The Kier molecular flexibility index (Phi) is 54.3. The Labute approximate surface area is 681 Å². The number of hydrogen-bond donors (Lipinski definition) is 18. The van der Waals surface area contributed by atoms with Gasteiger partial charge in [-0.1, -0.05) is 70.6 Å². The van der Waals surface area contributed by atoms with E-state index in [2.05, 4.69) is 37.2 Å². The van der Waals surface area contributed by atoms with Gasteiger partial charge in [0.25, 0.3) is 0 Å². The summed E-state index contributed by atoms with van der Waals surface area (Å²) in [6.45, 7) is 4.53. The molecule has 0 aromatic carbocycles. The van der Waals surface area contributed by atoms with Crippen LogP contribution in [0.2, 0.25) is 0 Å². The number of nitrogens with one attached hydrogen (secondary N) is 7. The molecule has 0 aromatic rings. The van der Waals surface area contributed by atoms with E-state index in [9.17, 15) is 93.8 Å². The van der Waals surface area contributed by atoms with Gasteiger partial charge in [0, 0.05) is 123 Å². The summed E-state index contributed by atoms with van der Waals surface area (Å²) in [7, 11) is -4.17. The minimum Gasteiger partial charge on any atom is -0.396 e. The average molecular weight is 1690 g/mol. The third kappa shape index (κ3) is 42.2. The van der Waals surface area contributed by atoms with Crippen LogP contribution in [0.5, 0.6) is 0 Å². The number of ketones is 1. The van der Waals surface area contributed by atoms with Crippen molar-refractivity contribution in [3.05, 3.63) is 0 Å². The zero-order valence-electron chi connectivity index (χ0n) is 68.2. The van der Waals surface area contributed by atoms with E-state index in [-0.39, 0.29) is 141 Å². The van der Waals surface area contributed by atoms with E-state index in [4.69, 9.17) is 56.8 Å². The molecule has 0 bridgehead atoms. The molecular formula is C77H140N7O31P. The third-order valence-corrected chi connectivity index (χ3v) is 21.6. The first-order valence-electron chi connectivity index (χ1n) is 41.9. The van der Waals surface area contributed by atoms with Crippen LogP contribution >= 0.6 is 7.82 Å². The zero-order valence-corrected chi connectivity index (χ0v) is 69.1. The molecule has 39 heteroatoms. The summed E-state index contributed by atoms with van der Waals surface area (Å²) >= 11 is 0. The lowest BCUT2D eigenvalue weighted by atomic mass is 9.71. The van der Waals surface area contributed by atoms with Gasteiger partial charge in [-0.25, -0.2) is 4.57 Å². The molecule has 3 saturated heterocycles. The lowest BCUT2D eigenvalue weighted by Gasteiger charge is -2.42. The van der Waals surface area contributed by atoms with E-state index in [1.807, 2.05) is 0 Å². The molecule has 18 atom stereocenters. The predicted octanol–water partition coefficient (Wildman–Crippen LogP) is -0.379. The van der Waals surface area contributed by atoms with Gasteiger partial charge in [-0.05, 0) is 83.5 Å². The fourth-order valence-electron chi connectivity index (χ4n) is 14.2. The molecule has 116 heavy (non-hydrogen) atoms. The molecule has 3 aliphatic heterocycles. The summed E-state index contributed by atoms with van der Waals surface area (Å²) < 4.78 is 75.8. The van der Waals surface area contributed by atoms with Crippen molar-refractivity contribution in [3.8, 4) is 0 Å². The molecule has 38 nitrogen and oxygen atoms in total. The van der Waals surface area contributed by atoms with E-state index in [1.165, 1.54) is 20.8 Å². The summed E-state index contributed by atoms with van der Waals surface area (Å²) in [5.41, 5.74) is 0. The number of phosphoric ester groups is 1. The van der Waals surface area contributed by atoms with Crippen molar-refractivity contribution in [1.29, 1.82) is 0 Å². The highest BCUT2D eigenvalue weighted by Gasteiger charge is 2.49. The Morgan fingerprint density at radius 2 is 0.672 bits per heavy atom. The van der Waals surface area contributed by atoms with Gasteiger partial charge < -0.3 is 136 Å². The summed E-state index contributed by atoms with van der Waals surface area (Å²) in [6.07, 6.45) is -0.453. The maximum Gasteiger partial charge on any atom is 0.472 e. The van der Waals surface area contributed by atoms with Gasteiger partial charge in [-0.15, -0.1) is 0 Å². The highest BCUT2D eigenvalue weighted by atomic mass is 31.2. The monoisotopic (exact) mass is 1690 g/mol. The minimum absolute atomic E-state index is 0.0123. The molecule has 4 fully saturated rings. The molecule has 3 heterocycles. The Morgan fingerprint density at radius 1 is 0.362 bits per heavy atom. The first kappa shape index (κ1) is 104. The van der Waals surface area contributed by atoms with Gasteiger partial charge >= 0.3 is 7.82 Å². The molecule has 0 radical (unpaired) electrons. The van der Waals surface area contributed by atoms with Crippen molar-refractivity contribution in [2.24, 2.45) is 17.8 Å². The van der Waals surface area contributed by atoms with Crippen molar-refractivity contribution in [2.45, 2.75) is 305 Å². The Bertz CT molecular complexity index is 2700. The van der Waals surface area contributed by atoms with Crippen LogP contribution in [0.4, 0.5) is 0 Å². The number of phosphoric acid groups is 1. The fraction of sp³-hybridized carbons (Fsp3) is 0.896. The van der Waals surface area contributed by atoms with E-state index in [0.717, 1.165) is 38.5 Å². The van der Waals surface area contributed by atoms with Gasteiger partial charge in [-0.2, -0.15) is 0 Å². The predicted molar refractivity (Wildman–Crippen MR) is 416 cm³/mol. The quantitative estimate of drug-likeness (QED) is 0.0273. The maximum absolute atomic E-state index is 14.3. The van der Waals surface area contributed by atoms with E-state index in [1.54, 1.807) is 0 Å². The summed E-state index contributed by atoms with van der Waals surface area (Å²) in [5.74, 6) is -3.89. The summed E-state index contributed by atoms with van der Waals surface area (Å²) in [6, 6.07) is -3.17. The van der Waals surface area contributed by atoms with Gasteiger partial charge in [0.15, 0.2) is 18.9 Å². The number of rotatable bonds is 65. The van der Waals surface area contributed by atoms with Crippen molar-refractivity contribution in [3.63, 3.8) is 0 Å². The Hall–Kier alpha value is -4.69. The summed E-state index contributed by atoms with van der Waals surface area (Å²) in [4.78, 5) is 112. The average Bonchev–Trinajstić information content (AvgIpc) is 0.830. The van der Waals surface area contributed by atoms with Gasteiger partial charge in [0.05, 0.1) is 72.2 Å². The van der Waals surface area contributed by atoms with E-state index >= 15 is 0 Å². The second kappa shape index (κ2) is 60.7. The second-order valence-corrected chi connectivity index (χ2v) is 31.8. The lowest BCUT2D eigenvalue weighted by Crippen LogP contribution is -2.64. The smallest absolute Gasteiger partial charge is 0.396 e. The van der Waals surface area contributed by atoms with Crippen LogP contribution in [-0.4, -0.2) is 320 Å². The highest BCUT2D eigenvalue weighted by Crippen LogP contribution is 2.44. The molecule has 0 spiro atoms. The fourth-order valence-corrected chi connectivity index (χ4v) is 15.0. The van der Waals surface area contributed by atoms with Gasteiger partial charge in [0.2, 0.25) is 41.4 Å². The van der Waals surface area contributed by atoms with E-state index in [0.29, 0.717) is 135 Å². The normalized spacial score (nSPS) is 27.3. The maximum atomic E-state index is 14.3. The van der Waals surface area contributed by atoms with Crippen LogP contribution in [-0.2, 0) is 94.6 Å². The molecule has 18 unspecified atom stereocenters. The van der Waals surface area contributed by atoms with Crippen molar-refractivity contribution < 1.29 is 151 Å². The van der Waals surface area contributed by atoms with Gasteiger partial charge in [0.1, 0.15) is 78.8 Å². The molecule has 7 amide bonds. The van der Waals surface area contributed by atoms with Crippen LogP contribution < -0.4 is 37.2 Å². The number of aliphatic hydroxyl groups excluding tert-OH is 10. The number of ether oxygens (including phenoxy) is 9. The zero-order chi connectivity index (χ0) is 85.1. The van der Waals surface area contributed by atoms with Crippen LogP contribution in [0.25, 0.3) is 0 Å². The number of aliphatic hydroxyl groups is 10. The van der Waals surface area contributed by atoms with Crippen LogP contribution in [0.15, 0.2) is 0 Å². The number of carbonyl (C=O) groups is 8. The topological polar surface area (TPSA) is 562 Å². The lowest BCUT2D eigenvalue weighted by molar-refractivity contribution is -0.270. The number of hydrogen-bond acceptors (Lipinski definition) is 30. The Morgan fingerprint density at radius 3 is 1.01 bits per heavy atom. The molecule has 1 saturated carbocycles. The molecule has 4 aliphatic rings. The molecule has 0 aromatic heterocycles. The summed E-state index contributed by atoms with van der Waals surface area (Å²) in [5, 5.41) is 120. The van der Waals surface area contributed by atoms with Crippen molar-refractivity contribution in [1.82, 2.24) is 37.2 Å². The molecule has 4 rings (SSSR count). The molecule has 1 aliphatic carbocycles. The molecule has 18 N–H and O–H groups in total. The van der Waals surface area contributed by atoms with Crippen LogP contribution in [0.1, 0.15) is 207 Å². The largest absolute Gasteiger partial charge is 0.472 e. The minimum atomic E-state index is -4.17. The highest BCUT2D eigenvalue weighted by molar-refractivity contribution is 7.47. The van der Waals surface area contributed by atoms with E-state index < -0.39 is 161 Å². The Balaban J connectivity index is 1.33. The van der Waals surface area contributed by atoms with Gasteiger partial charge in [-0.3, -0.25) is 47.4 Å². The van der Waals surface area contributed by atoms with Crippen LogP contribution in [0, 0.1) is 17.8 Å². The number of carbonyl (C=O) groups excluding carboxylic acids is 8. The molecule has 674 valence electrons. The molecular weight excluding hydrogens is 1550 g/mol. The standard InChI is InChI=1S/C77H140N7O31P/c1-51(89)82-65-71(100)68(97)58(46-86)113-75(65)108-36-20-11-5-15-32-79-62(94)28-41-105-49-55-44-54(57(92)26-25-27-61(93)78-31-18-8-14-24-40-112-116(103,104)111-39-23-10-4-9-19-35-85)45-56(50-106-42-29-63(95)80-33-16-6-12-21-37-109-76-66(83-52(2)90)72(101)69(98)59(47-87)114-76)74(55)107-43-30-64(96)81-34-17-7-13-22-38-110-77-67(84-53(3)91)73(102)70(99)60(48-88)115-77/h54-56,58-60,65-77,85-88,97-102H,4-50H2,1-3H3,(H,78,93)(H,79,94)(H,80,95)(H,81,96)(H,82,89)(H,83,90)(H,84,91)(H,103,104). The number of unbranched alkanes of at least 4 members (excludes halogenated alkanes) is 16. The van der Waals surface area contributed by atoms with Crippen molar-refractivity contribution in [2.75, 3.05) is 119 Å². The van der Waals surface area contributed by atoms with Crippen molar-refractivity contribution >= 4 is 55.0 Å². The first-order valence-corrected chi connectivity index (χ1v) is 43.4. The number of amides is 7. The number of Topliss-reactive ketones (excluding diaryl/α,β-unsaturated/α-hetero) is 1.